The molecule has 0 saturated heterocycles. The molecule has 0 fully saturated rings. The number of carbonyl (C=O) groups excluding carboxylic acids is 1. The number of aryl methyl sites for hydroxylation is 1. The highest BCUT2D eigenvalue weighted by molar-refractivity contribution is 5.99. The number of hydrogen-bond acceptors (Lipinski definition) is 4. The fraction of sp³-hybridized carbons (Fsp3) is 0.182. The summed E-state index contributed by atoms with van der Waals surface area (Å²) < 4.78 is 4.81. The molecule has 8 nitrogen and oxygen atoms in total. The minimum atomic E-state index is -1.14. The van der Waals surface area contributed by atoms with Crippen LogP contribution in [-0.2, 0) is 6.54 Å². The number of nitrogens with one attached hydrogen (secondary N) is 3. The third-order valence-electron chi connectivity index (χ3n) is 2.33. The number of anilines is 1. The summed E-state index contributed by atoms with van der Waals surface area (Å²) in [6, 6.07) is 2.62. The molecule has 2 aromatic heterocycles. The van der Waals surface area contributed by atoms with Crippen molar-refractivity contribution >= 4 is 17.7 Å². The molecule has 0 aliphatic rings. The number of carboxylic acids is 1. The predicted octanol–water partition coefficient (Wildman–Crippen LogP) is 1.33. The number of H-pyrrole nitrogens is 1. The van der Waals surface area contributed by atoms with Crippen molar-refractivity contribution in [1.29, 1.82) is 0 Å². The maximum Gasteiger partial charge on any atom is 0.354 e. The van der Waals surface area contributed by atoms with Crippen molar-refractivity contribution in [2.24, 2.45) is 0 Å². The van der Waals surface area contributed by atoms with E-state index in [4.69, 9.17) is 9.63 Å². The molecule has 0 spiro atoms. The molecular weight excluding hydrogens is 252 g/mol. The van der Waals surface area contributed by atoms with E-state index in [1.807, 2.05) is 0 Å². The zero-order chi connectivity index (χ0) is 13.8. The molecule has 2 amide bonds. The standard InChI is InChI=1S/C11H12N4O4/c1-6-4-8(9(14-6)10(16)17)15-11(18)12-5-7-2-3-13-19-7/h2-4,14H,5H2,1H3,(H,16,17)(H2,12,15,18). The molecule has 0 saturated carbocycles. The Morgan fingerprint density at radius 3 is 2.95 bits per heavy atom. The molecule has 0 radical (unpaired) electrons. The van der Waals surface area contributed by atoms with Crippen LogP contribution in [0, 0.1) is 6.92 Å². The Morgan fingerprint density at radius 1 is 1.53 bits per heavy atom. The average molecular weight is 264 g/mol. The first-order valence-electron chi connectivity index (χ1n) is 5.43. The Balaban J connectivity index is 1.97. The van der Waals surface area contributed by atoms with Crippen molar-refractivity contribution in [1.82, 2.24) is 15.5 Å². The maximum absolute atomic E-state index is 11.6. The average Bonchev–Trinajstić information content (AvgIpc) is 2.96. The lowest BCUT2D eigenvalue weighted by molar-refractivity contribution is 0.0692. The normalized spacial score (nSPS) is 10.2. The fourth-order valence-corrected chi connectivity index (χ4v) is 1.52. The van der Waals surface area contributed by atoms with Gasteiger partial charge in [-0.25, -0.2) is 9.59 Å². The summed E-state index contributed by atoms with van der Waals surface area (Å²) in [5.74, 6) is -0.641. The summed E-state index contributed by atoms with van der Waals surface area (Å²) in [7, 11) is 0. The molecule has 0 bridgehead atoms. The van der Waals surface area contributed by atoms with Crippen LogP contribution in [0.1, 0.15) is 21.9 Å². The number of hydrogen-bond donors (Lipinski definition) is 4. The zero-order valence-corrected chi connectivity index (χ0v) is 10.1. The summed E-state index contributed by atoms with van der Waals surface area (Å²) in [5.41, 5.74) is 0.787. The van der Waals surface area contributed by atoms with Crippen molar-refractivity contribution in [3.63, 3.8) is 0 Å². The number of carboxylic acid groups (broad SMARTS) is 1. The number of rotatable bonds is 4. The Labute approximate surface area is 107 Å². The topological polar surface area (TPSA) is 120 Å². The van der Waals surface area contributed by atoms with Crippen molar-refractivity contribution in [2.75, 3.05) is 5.32 Å². The van der Waals surface area contributed by atoms with Gasteiger partial charge in [0.05, 0.1) is 18.4 Å². The van der Waals surface area contributed by atoms with E-state index in [9.17, 15) is 9.59 Å². The largest absolute Gasteiger partial charge is 0.477 e. The highest BCUT2D eigenvalue weighted by atomic mass is 16.5. The smallest absolute Gasteiger partial charge is 0.354 e. The van der Waals surface area contributed by atoms with Crippen molar-refractivity contribution in [3.05, 3.63) is 35.5 Å². The lowest BCUT2D eigenvalue weighted by Crippen LogP contribution is -2.28. The minimum absolute atomic E-state index is 0.0627. The van der Waals surface area contributed by atoms with Crippen LogP contribution in [0.5, 0.6) is 0 Å². The van der Waals surface area contributed by atoms with Crippen LogP contribution in [0.25, 0.3) is 0 Å². The molecule has 0 aromatic carbocycles. The Morgan fingerprint density at radius 2 is 2.32 bits per heavy atom. The van der Waals surface area contributed by atoms with Crippen LogP contribution in [-0.4, -0.2) is 27.2 Å². The number of nitrogens with zero attached hydrogens (tertiary/aromatic N) is 1. The first-order chi connectivity index (χ1) is 9.06. The van der Waals surface area contributed by atoms with E-state index in [0.717, 1.165) is 0 Å². The second kappa shape index (κ2) is 5.25. The Hall–Kier alpha value is -2.77. The van der Waals surface area contributed by atoms with Crippen LogP contribution < -0.4 is 10.6 Å². The number of amides is 2. The molecule has 4 N–H and O–H groups in total. The van der Waals surface area contributed by atoms with Gasteiger partial charge in [-0.3, -0.25) is 0 Å². The van der Waals surface area contributed by atoms with E-state index in [0.29, 0.717) is 11.5 Å². The van der Waals surface area contributed by atoms with Gasteiger partial charge in [0, 0.05) is 11.8 Å². The molecule has 0 aliphatic carbocycles. The van der Waals surface area contributed by atoms with Gasteiger partial charge in [0.25, 0.3) is 0 Å². The molecule has 0 unspecified atom stereocenters. The van der Waals surface area contributed by atoms with Gasteiger partial charge in [-0.15, -0.1) is 0 Å². The fourth-order valence-electron chi connectivity index (χ4n) is 1.52. The summed E-state index contributed by atoms with van der Waals surface area (Å²) in [6.45, 7) is 1.86. The molecule has 2 aromatic rings. The first kappa shape index (κ1) is 12.7. The molecule has 0 aliphatic heterocycles. The summed E-state index contributed by atoms with van der Waals surface area (Å²) in [6.07, 6.45) is 1.47. The second-order valence-corrected chi connectivity index (χ2v) is 3.83. The Kier molecular flexibility index (Phi) is 3.51. The van der Waals surface area contributed by atoms with E-state index >= 15 is 0 Å². The van der Waals surface area contributed by atoms with Crippen molar-refractivity contribution in [3.8, 4) is 0 Å². The zero-order valence-electron chi connectivity index (χ0n) is 10.1. The lowest BCUT2D eigenvalue weighted by Gasteiger charge is -2.05. The SMILES string of the molecule is Cc1cc(NC(=O)NCc2ccno2)c(C(=O)O)[nH]1. The quantitative estimate of drug-likeness (QED) is 0.664. The minimum Gasteiger partial charge on any atom is -0.477 e. The van der Waals surface area contributed by atoms with Gasteiger partial charge in [0.1, 0.15) is 5.69 Å². The van der Waals surface area contributed by atoms with Gasteiger partial charge in [0.15, 0.2) is 5.76 Å². The summed E-state index contributed by atoms with van der Waals surface area (Å²) in [5, 5.41) is 17.4. The highest BCUT2D eigenvalue weighted by Gasteiger charge is 2.15. The number of carbonyl (C=O) groups is 2. The molecule has 0 atom stereocenters. The number of aromatic amines is 1. The van der Waals surface area contributed by atoms with E-state index in [1.165, 1.54) is 12.3 Å². The van der Waals surface area contributed by atoms with E-state index in [-0.39, 0.29) is 17.9 Å². The monoisotopic (exact) mass is 264 g/mol. The van der Waals surface area contributed by atoms with Gasteiger partial charge in [-0.1, -0.05) is 5.16 Å². The Bertz CT molecular complexity index is 588. The highest BCUT2D eigenvalue weighted by Crippen LogP contribution is 2.16. The number of aromatic nitrogens is 2. The van der Waals surface area contributed by atoms with Crippen LogP contribution in [0.15, 0.2) is 22.9 Å². The van der Waals surface area contributed by atoms with Crippen LogP contribution in [0.3, 0.4) is 0 Å². The van der Waals surface area contributed by atoms with Crippen LogP contribution in [0.4, 0.5) is 10.5 Å². The van der Waals surface area contributed by atoms with Gasteiger partial charge >= 0.3 is 12.0 Å². The van der Waals surface area contributed by atoms with Crippen molar-refractivity contribution in [2.45, 2.75) is 13.5 Å². The predicted molar refractivity (Wildman–Crippen MR) is 64.9 cm³/mol. The second-order valence-electron chi connectivity index (χ2n) is 3.83. The van der Waals surface area contributed by atoms with Gasteiger partial charge in [-0.2, -0.15) is 0 Å². The van der Waals surface area contributed by atoms with Crippen molar-refractivity contribution < 1.29 is 19.2 Å². The number of aromatic carboxylic acids is 1. The van der Waals surface area contributed by atoms with Gasteiger partial charge in [0.2, 0.25) is 0 Å². The first-order valence-corrected chi connectivity index (χ1v) is 5.43. The summed E-state index contributed by atoms with van der Waals surface area (Å²) in [4.78, 5) is 25.2. The molecule has 2 rings (SSSR count). The summed E-state index contributed by atoms with van der Waals surface area (Å²) >= 11 is 0. The molecule has 100 valence electrons. The molecular formula is C11H12N4O4. The third-order valence-corrected chi connectivity index (χ3v) is 2.33. The van der Waals surface area contributed by atoms with Gasteiger partial charge in [-0.05, 0) is 13.0 Å². The van der Waals surface area contributed by atoms with Crippen LogP contribution >= 0.6 is 0 Å². The maximum atomic E-state index is 11.6. The molecule has 19 heavy (non-hydrogen) atoms. The van der Waals surface area contributed by atoms with Crippen LogP contribution in [0.2, 0.25) is 0 Å². The van der Waals surface area contributed by atoms with E-state index in [2.05, 4.69) is 20.8 Å². The number of urea groups is 1. The molecule has 8 heteroatoms. The van der Waals surface area contributed by atoms with E-state index in [1.54, 1.807) is 13.0 Å². The third kappa shape index (κ3) is 3.12. The van der Waals surface area contributed by atoms with Gasteiger partial charge < -0.3 is 25.2 Å². The van der Waals surface area contributed by atoms with E-state index < -0.39 is 12.0 Å². The lowest BCUT2D eigenvalue weighted by atomic mass is 10.3. The molecule has 2 heterocycles.